The Morgan fingerprint density at radius 2 is 1.82 bits per heavy atom. The van der Waals surface area contributed by atoms with Crippen LogP contribution < -0.4 is 0 Å². The van der Waals surface area contributed by atoms with Crippen LogP contribution in [0.15, 0.2) is 24.3 Å². The smallest absolute Gasteiger partial charge is 0.274 e. The Balaban J connectivity index is 3.09. The number of hydrogen-bond acceptors (Lipinski definition) is 3. The molecule has 0 saturated heterocycles. The fourth-order valence-electron chi connectivity index (χ4n) is 1.51. The van der Waals surface area contributed by atoms with E-state index in [1.807, 2.05) is 19.1 Å². The standard InChI is InChI=1S/C13H19O3P/c1-5-16-17(15,10(2)3)13(14)12-8-6-11(4)7-9-12/h6-10H,5H2,1-4H3. The molecule has 4 heteroatoms. The zero-order valence-corrected chi connectivity index (χ0v) is 11.7. The fraction of sp³-hybridized carbons (Fsp3) is 0.462. The average Bonchev–Trinajstić information content (AvgIpc) is 2.29. The molecule has 0 heterocycles. The quantitative estimate of drug-likeness (QED) is 0.749. The Labute approximate surface area is 103 Å². The third kappa shape index (κ3) is 3.05. The summed E-state index contributed by atoms with van der Waals surface area (Å²) in [4.78, 5) is 12.2. The van der Waals surface area contributed by atoms with E-state index in [9.17, 15) is 9.36 Å². The van der Waals surface area contributed by atoms with Gasteiger partial charge in [0.25, 0.3) is 7.37 Å². The fourth-order valence-corrected chi connectivity index (χ4v) is 3.29. The maximum atomic E-state index is 12.5. The Morgan fingerprint density at radius 1 is 1.29 bits per heavy atom. The lowest BCUT2D eigenvalue weighted by atomic mass is 10.2. The summed E-state index contributed by atoms with van der Waals surface area (Å²) in [5.74, 6) is 0. The molecule has 0 amide bonds. The van der Waals surface area contributed by atoms with Crippen molar-refractivity contribution in [2.24, 2.45) is 0 Å². The van der Waals surface area contributed by atoms with E-state index in [1.165, 1.54) is 0 Å². The van der Waals surface area contributed by atoms with E-state index in [-0.39, 0.29) is 17.8 Å². The van der Waals surface area contributed by atoms with Crippen molar-refractivity contribution in [3.05, 3.63) is 35.4 Å². The average molecular weight is 254 g/mol. The van der Waals surface area contributed by atoms with E-state index in [2.05, 4.69) is 0 Å². The highest BCUT2D eigenvalue weighted by Crippen LogP contribution is 2.54. The lowest BCUT2D eigenvalue weighted by molar-refractivity contribution is 0.105. The van der Waals surface area contributed by atoms with Gasteiger partial charge in [0.15, 0.2) is 0 Å². The van der Waals surface area contributed by atoms with Gasteiger partial charge in [0.05, 0.1) is 6.61 Å². The van der Waals surface area contributed by atoms with Crippen molar-refractivity contribution in [3.8, 4) is 0 Å². The molecule has 0 spiro atoms. The highest BCUT2D eigenvalue weighted by Gasteiger charge is 2.36. The highest BCUT2D eigenvalue weighted by atomic mass is 31.2. The zero-order valence-electron chi connectivity index (χ0n) is 10.8. The van der Waals surface area contributed by atoms with Gasteiger partial charge in [-0.15, -0.1) is 0 Å². The molecule has 1 aromatic rings. The topological polar surface area (TPSA) is 43.4 Å². The van der Waals surface area contributed by atoms with Crippen LogP contribution in [0.5, 0.6) is 0 Å². The third-order valence-corrected chi connectivity index (χ3v) is 5.41. The number of aryl methyl sites for hydroxylation is 1. The van der Waals surface area contributed by atoms with Gasteiger partial charge in [0.1, 0.15) is 0 Å². The number of hydrogen-bond donors (Lipinski definition) is 0. The van der Waals surface area contributed by atoms with Gasteiger partial charge in [-0.25, -0.2) is 0 Å². The predicted octanol–water partition coefficient (Wildman–Crippen LogP) is 3.86. The molecule has 1 aromatic carbocycles. The second-order valence-electron chi connectivity index (χ2n) is 4.28. The maximum Gasteiger partial charge on any atom is 0.274 e. The normalized spacial score (nSPS) is 14.6. The first-order chi connectivity index (χ1) is 7.91. The third-order valence-electron chi connectivity index (χ3n) is 2.58. The SMILES string of the molecule is CCOP(=O)(C(=O)c1ccc(C)cc1)C(C)C. The van der Waals surface area contributed by atoms with E-state index < -0.39 is 7.37 Å². The second kappa shape index (κ2) is 5.61. The van der Waals surface area contributed by atoms with Gasteiger partial charge in [-0.05, 0) is 13.8 Å². The van der Waals surface area contributed by atoms with Crippen LogP contribution >= 0.6 is 7.37 Å². The molecule has 0 N–H and O–H groups in total. The predicted molar refractivity (Wildman–Crippen MR) is 69.9 cm³/mol. The van der Waals surface area contributed by atoms with Crippen LogP contribution in [0.4, 0.5) is 0 Å². The summed E-state index contributed by atoms with van der Waals surface area (Å²) in [6.45, 7) is 7.48. The minimum absolute atomic E-state index is 0.285. The van der Waals surface area contributed by atoms with Crippen LogP contribution in [0.3, 0.4) is 0 Å². The van der Waals surface area contributed by atoms with Crippen molar-refractivity contribution in [2.45, 2.75) is 33.4 Å². The lowest BCUT2D eigenvalue weighted by Gasteiger charge is -2.19. The van der Waals surface area contributed by atoms with Gasteiger partial charge < -0.3 is 4.52 Å². The molecule has 1 unspecified atom stereocenters. The largest absolute Gasteiger partial charge is 0.323 e. The Hall–Kier alpha value is -0.920. The van der Waals surface area contributed by atoms with Crippen molar-refractivity contribution in [1.29, 1.82) is 0 Å². The Bertz CT molecular complexity index is 434. The number of rotatable bonds is 5. The van der Waals surface area contributed by atoms with Crippen LogP contribution in [-0.2, 0) is 9.09 Å². The zero-order chi connectivity index (χ0) is 13.1. The van der Waals surface area contributed by atoms with E-state index in [4.69, 9.17) is 4.52 Å². The Morgan fingerprint density at radius 3 is 2.24 bits per heavy atom. The van der Waals surface area contributed by atoms with Crippen molar-refractivity contribution >= 4 is 12.9 Å². The maximum absolute atomic E-state index is 12.5. The minimum atomic E-state index is -3.26. The molecule has 0 aromatic heterocycles. The summed E-state index contributed by atoms with van der Waals surface area (Å²) in [7, 11) is -3.26. The van der Waals surface area contributed by atoms with Gasteiger partial charge >= 0.3 is 0 Å². The molecule has 94 valence electrons. The molecule has 0 saturated carbocycles. The molecule has 3 nitrogen and oxygen atoms in total. The number of carbonyl (C=O) groups excluding carboxylic acids is 1. The first-order valence-corrected chi connectivity index (χ1v) is 7.47. The molecule has 1 rings (SSSR count). The van der Waals surface area contributed by atoms with Crippen LogP contribution in [0, 0.1) is 6.92 Å². The van der Waals surface area contributed by atoms with Crippen molar-refractivity contribution in [3.63, 3.8) is 0 Å². The lowest BCUT2D eigenvalue weighted by Crippen LogP contribution is -2.12. The van der Waals surface area contributed by atoms with Gasteiger partial charge in [-0.3, -0.25) is 9.36 Å². The van der Waals surface area contributed by atoms with Crippen molar-refractivity contribution in [2.75, 3.05) is 6.61 Å². The minimum Gasteiger partial charge on any atom is -0.323 e. The molecule has 0 aliphatic carbocycles. The van der Waals surface area contributed by atoms with Crippen LogP contribution in [0.1, 0.15) is 36.7 Å². The van der Waals surface area contributed by atoms with E-state index in [0.717, 1.165) is 5.56 Å². The number of carbonyl (C=O) groups is 1. The van der Waals surface area contributed by atoms with Crippen LogP contribution in [-0.4, -0.2) is 17.8 Å². The number of benzene rings is 1. The summed E-state index contributed by atoms with van der Waals surface area (Å²) in [6, 6.07) is 7.07. The van der Waals surface area contributed by atoms with Gasteiger partial charge in [0.2, 0.25) is 5.52 Å². The summed E-state index contributed by atoms with van der Waals surface area (Å²) in [5.41, 5.74) is 0.851. The Kier molecular flexibility index (Phi) is 4.67. The van der Waals surface area contributed by atoms with E-state index in [1.54, 1.807) is 32.9 Å². The highest BCUT2D eigenvalue weighted by molar-refractivity contribution is 7.77. The van der Waals surface area contributed by atoms with E-state index in [0.29, 0.717) is 5.56 Å². The first kappa shape index (κ1) is 14.1. The molecular formula is C13H19O3P. The summed E-state index contributed by atoms with van der Waals surface area (Å²) in [5, 5.41) is 0. The summed E-state index contributed by atoms with van der Waals surface area (Å²) >= 11 is 0. The molecule has 1 atom stereocenters. The van der Waals surface area contributed by atoms with Crippen LogP contribution in [0.25, 0.3) is 0 Å². The molecular weight excluding hydrogens is 235 g/mol. The van der Waals surface area contributed by atoms with Crippen molar-refractivity contribution < 1.29 is 13.9 Å². The van der Waals surface area contributed by atoms with E-state index >= 15 is 0 Å². The molecule has 17 heavy (non-hydrogen) atoms. The molecule has 0 radical (unpaired) electrons. The molecule has 0 fully saturated rings. The molecule has 0 bridgehead atoms. The van der Waals surface area contributed by atoms with Gasteiger partial charge in [-0.2, -0.15) is 0 Å². The first-order valence-electron chi connectivity index (χ1n) is 5.77. The van der Waals surface area contributed by atoms with Crippen LogP contribution in [0.2, 0.25) is 0 Å². The van der Waals surface area contributed by atoms with Gasteiger partial charge in [-0.1, -0.05) is 43.7 Å². The second-order valence-corrected chi connectivity index (χ2v) is 7.17. The van der Waals surface area contributed by atoms with Gasteiger partial charge in [0, 0.05) is 11.2 Å². The molecule has 0 aliphatic heterocycles. The molecule has 0 aliphatic rings. The van der Waals surface area contributed by atoms with Crippen molar-refractivity contribution in [1.82, 2.24) is 0 Å². The summed E-state index contributed by atoms with van der Waals surface area (Å²) in [6.07, 6.45) is 0. The monoisotopic (exact) mass is 254 g/mol. The summed E-state index contributed by atoms with van der Waals surface area (Å²) < 4.78 is 17.8.